The molecule has 3 aromatic rings. The molecule has 0 radical (unpaired) electrons. The third-order valence-electron chi connectivity index (χ3n) is 9.19. The molecule has 0 aliphatic carbocycles. The lowest BCUT2D eigenvalue weighted by atomic mass is 9.69. The Labute approximate surface area is 284 Å². The minimum atomic E-state index is -0.710. The first kappa shape index (κ1) is 35.0. The number of benzene rings is 3. The Kier molecular flexibility index (Phi) is 11.4. The molecule has 9 heteroatoms. The Balaban J connectivity index is 1.36. The van der Waals surface area contributed by atoms with E-state index in [0.717, 1.165) is 47.5 Å². The molecule has 0 unspecified atom stereocenters. The standard InChI is InChI=1S/C39H49N3O6/c1-38(2,3)48-37(45)42-25-29(35(43)40-22-20-28-14-6-5-7-15-28)24-30(26-42)36(44)41-27-39(21-12-13-23-46-4)31-16-8-10-18-33(31)47-34-19-11-9-17-32(34)39/h5-11,14-19,29-30H,12-13,20-27H2,1-4H3,(H,40,43)(H,41,44)/t29-,30-/m0/s1. The van der Waals surface area contributed by atoms with Crippen LogP contribution in [0.2, 0.25) is 0 Å². The van der Waals surface area contributed by atoms with Gasteiger partial charge in [0.2, 0.25) is 11.8 Å². The summed E-state index contributed by atoms with van der Waals surface area (Å²) in [4.78, 5) is 42.4. The van der Waals surface area contributed by atoms with Crippen molar-refractivity contribution in [2.75, 3.05) is 39.9 Å². The first-order valence-corrected chi connectivity index (χ1v) is 17.0. The summed E-state index contributed by atoms with van der Waals surface area (Å²) < 4.78 is 17.4. The van der Waals surface area contributed by atoms with Gasteiger partial charge < -0.3 is 29.7 Å². The highest BCUT2D eigenvalue weighted by Crippen LogP contribution is 2.50. The number of hydrogen-bond acceptors (Lipinski definition) is 6. The number of para-hydroxylation sites is 2. The number of ether oxygens (including phenoxy) is 3. The van der Waals surface area contributed by atoms with E-state index in [9.17, 15) is 14.4 Å². The number of unbranched alkanes of at least 4 members (excludes halogenated alkanes) is 1. The molecule has 2 N–H and O–H groups in total. The van der Waals surface area contributed by atoms with E-state index in [1.54, 1.807) is 7.11 Å². The lowest BCUT2D eigenvalue weighted by Gasteiger charge is -2.41. The van der Waals surface area contributed by atoms with Gasteiger partial charge in [0.05, 0.1) is 11.8 Å². The molecular formula is C39H49N3O6. The van der Waals surface area contributed by atoms with Gasteiger partial charge in [-0.2, -0.15) is 0 Å². The molecule has 2 aliphatic heterocycles. The molecular weight excluding hydrogens is 606 g/mol. The van der Waals surface area contributed by atoms with Crippen LogP contribution in [0.3, 0.4) is 0 Å². The molecule has 1 fully saturated rings. The molecule has 2 atom stereocenters. The van der Waals surface area contributed by atoms with E-state index < -0.39 is 28.9 Å². The Hall–Kier alpha value is -4.37. The molecule has 2 aliphatic rings. The second kappa shape index (κ2) is 15.7. The summed E-state index contributed by atoms with van der Waals surface area (Å²) in [5, 5.41) is 6.32. The number of nitrogens with zero attached hydrogens (tertiary/aromatic N) is 1. The maximum atomic E-state index is 14.1. The maximum absolute atomic E-state index is 14.1. The molecule has 2 heterocycles. The Morgan fingerprint density at radius 1 is 0.833 bits per heavy atom. The molecule has 0 saturated carbocycles. The van der Waals surface area contributed by atoms with Crippen LogP contribution in [0.15, 0.2) is 78.9 Å². The molecule has 0 aromatic heterocycles. The summed E-state index contributed by atoms with van der Waals surface area (Å²) in [5.74, 6) is 0.0516. The van der Waals surface area contributed by atoms with Crippen LogP contribution in [0.4, 0.5) is 4.79 Å². The van der Waals surface area contributed by atoms with Crippen molar-refractivity contribution >= 4 is 17.9 Å². The smallest absolute Gasteiger partial charge is 0.410 e. The topological polar surface area (TPSA) is 106 Å². The third-order valence-corrected chi connectivity index (χ3v) is 9.19. The average Bonchev–Trinajstić information content (AvgIpc) is 3.08. The van der Waals surface area contributed by atoms with Crippen LogP contribution < -0.4 is 15.4 Å². The van der Waals surface area contributed by atoms with Crippen molar-refractivity contribution in [1.29, 1.82) is 0 Å². The van der Waals surface area contributed by atoms with E-state index in [2.05, 4.69) is 22.8 Å². The van der Waals surface area contributed by atoms with Gasteiger partial charge in [0, 0.05) is 56.4 Å². The minimum absolute atomic E-state index is 0.168. The van der Waals surface area contributed by atoms with Crippen molar-refractivity contribution in [3.05, 3.63) is 95.6 Å². The number of fused-ring (bicyclic) bond motifs is 2. The van der Waals surface area contributed by atoms with E-state index in [1.165, 1.54) is 4.90 Å². The quantitative estimate of drug-likeness (QED) is 0.224. The number of amides is 3. The lowest BCUT2D eigenvalue weighted by Crippen LogP contribution is -2.54. The molecule has 3 aromatic carbocycles. The fourth-order valence-corrected chi connectivity index (χ4v) is 6.84. The fourth-order valence-electron chi connectivity index (χ4n) is 6.84. The van der Waals surface area contributed by atoms with Crippen LogP contribution in [0.1, 0.15) is 63.1 Å². The normalized spacial score (nSPS) is 18.1. The molecule has 9 nitrogen and oxygen atoms in total. The molecule has 3 amide bonds. The van der Waals surface area contributed by atoms with Crippen LogP contribution >= 0.6 is 0 Å². The van der Waals surface area contributed by atoms with E-state index in [0.29, 0.717) is 32.5 Å². The van der Waals surface area contributed by atoms with Crippen molar-refractivity contribution in [3.8, 4) is 11.5 Å². The van der Waals surface area contributed by atoms with Crippen LogP contribution in [0, 0.1) is 11.8 Å². The van der Waals surface area contributed by atoms with Crippen molar-refractivity contribution in [2.45, 2.75) is 63.9 Å². The Bertz CT molecular complexity index is 1510. The van der Waals surface area contributed by atoms with Crippen LogP contribution in [-0.4, -0.2) is 68.3 Å². The number of carbonyl (C=O) groups is 3. The summed E-state index contributed by atoms with van der Waals surface area (Å²) in [7, 11) is 1.70. The predicted molar refractivity (Wildman–Crippen MR) is 185 cm³/mol. The molecule has 256 valence electrons. The Morgan fingerprint density at radius 3 is 2.02 bits per heavy atom. The zero-order valence-electron chi connectivity index (χ0n) is 28.6. The highest BCUT2D eigenvalue weighted by molar-refractivity contribution is 5.84. The first-order chi connectivity index (χ1) is 23.1. The minimum Gasteiger partial charge on any atom is -0.457 e. The van der Waals surface area contributed by atoms with Gasteiger partial charge in [-0.3, -0.25) is 9.59 Å². The summed E-state index contributed by atoms with van der Waals surface area (Å²) >= 11 is 0. The first-order valence-electron chi connectivity index (χ1n) is 17.0. The largest absolute Gasteiger partial charge is 0.457 e. The van der Waals surface area contributed by atoms with Gasteiger partial charge in [0.1, 0.15) is 17.1 Å². The maximum Gasteiger partial charge on any atom is 0.410 e. The average molecular weight is 656 g/mol. The number of carbonyl (C=O) groups excluding carboxylic acids is 3. The zero-order valence-corrected chi connectivity index (χ0v) is 28.6. The third kappa shape index (κ3) is 8.55. The molecule has 1 saturated heterocycles. The summed E-state index contributed by atoms with van der Waals surface area (Å²) in [6.45, 7) is 7.25. The van der Waals surface area contributed by atoms with Crippen LogP contribution in [0.5, 0.6) is 11.5 Å². The second-order valence-corrected chi connectivity index (χ2v) is 13.9. The van der Waals surface area contributed by atoms with Crippen molar-refractivity contribution in [3.63, 3.8) is 0 Å². The Morgan fingerprint density at radius 2 is 1.42 bits per heavy atom. The van der Waals surface area contributed by atoms with Gasteiger partial charge in [0.15, 0.2) is 0 Å². The van der Waals surface area contributed by atoms with Crippen molar-refractivity contribution < 1.29 is 28.6 Å². The van der Waals surface area contributed by atoms with E-state index in [-0.39, 0.29) is 24.9 Å². The van der Waals surface area contributed by atoms with E-state index >= 15 is 0 Å². The molecule has 0 spiro atoms. The van der Waals surface area contributed by atoms with Crippen LogP contribution in [-0.2, 0) is 30.9 Å². The number of methoxy groups -OCH3 is 1. The number of nitrogens with one attached hydrogen (secondary N) is 2. The van der Waals surface area contributed by atoms with Gasteiger partial charge in [-0.1, -0.05) is 66.7 Å². The monoisotopic (exact) mass is 655 g/mol. The van der Waals surface area contributed by atoms with Gasteiger partial charge in [-0.05, 0) is 70.6 Å². The summed E-state index contributed by atoms with van der Waals surface area (Å²) in [6.07, 6.45) is 3.04. The summed E-state index contributed by atoms with van der Waals surface area (Å²) in [6, 6.07) is 26.0. The number of rotatable bonds is 12. The van der Waals surface area contributed by atoms with Crippen molar-refractivity contribution in [2.24, 2.45) is 11.8 Å². The highest BCUT2D eigenvalue weighted by Gasteiger charge is 2.43. The van der Waals surface area contributed by atoms with Crippen molar-refractivity contribution in [1.82, 2.24) is 15.5 Å². The highest BCUT2D eigenvalue weighted by atomic mass is 16.6. The van der Waals surface area contributed by atoms with Crippen LogP contribution in [0.25, 0.3) is 0 Å². The van der Waals surface area contributed by atoms with Gasteiger partial charge in [-0.25, -0.2) is 4.79 Å². The summed E-state index contributed by atoms with van der Waals surface area (Å²) in [5.41, 5.74) is 1.93. The molecule has 48 heavy (non-hydrogen) atoms. The lowest BCUT2D eigenvalue weighted by molar-refractivity contribution is -0.131. The van der Waals surface area contributed by atoms with Gasteiger partial charge in [0.25, 0.3) is 0 Å². The molecule has 0 bridgehead atoms. The number of likely N-dealkylation sites (tertiary alicyclic amines) is 1. The number of piperidine rings is 1. The number of hydrogen-bond donors (Lipinski definition) is 2. The van der Waals surface area contributed by atoms with Gasteiger partial charge in [-0.15, -0.1) is 0 Å². The second-order valence-electron chi connectivity index (χ2n) is 13.9. The SMILES string of the molecule is COCCCCC1(CNC(=O)[C@H]2C[C@H](C(=O)NCCc3ccccc3)CN(C(=O)OC(C)(C)C)C2)c2ccccc2Oc2ccccc21. The fraction of sp³-hybridized carbons (Fsp3) is 0.462. The molecule has 5 rings (SSSR count). The van der Waals surface area contributed by atoms with E-state index in [1.807, 2.05) is 87.5 Å². The zero-order chi connectivity index (χ0) is 34.1. The predicted octanol–water partition coefficient (Wildman–Crippen LogP) is 6.24. The van der Waals surface area contributed by atoms with Gasteiger partial charge >= 0.3 is 6.09 Å². The van der Waals surface area contributed by atoms with E-state index in [4.69, 9.17) is 14.2 Å².